The molecule has 0 saturated heterocycles. The maximum absolute atomic E-state index is 13.1. The van der Waals surface area contributed by atoms with Crippen molar-refractivity contribution in [2.24, 2.45) is 0 Å². The smallest absolute Gasteiger partial charge is 0.348 e. The number of para-hydroxylation sites is 1. The van der Waals surface area contributed by atoms with Gasteiger partial charge in [0.25, 0.3) is 17.0 Å². The summed E-state index contributed by atoms with van der Waals surface area (Å²) in [6.45, 7) is 3.52. The van der Waals surface area contributed by atoms with Crippen LogP contribution in [0.4, 0.5) is 10.7 Å². The number of thioether (sulfide) groups is 1. The van der Waals surface area contributed by atoms with Crippen molar-refractivity contribution in [2.45, 2.75) is 19.1 Å². The molecule has 0 bridgehead atoms. The number of esters is 1. The van der Waals surface area contributed by atoms with Crippen LogP contribution in [-0.4, -0.2) is 45.3 Å². The van der Waals surface area contributed by atoms with Gasteiger partial charge in [-0.25, -0.2) is 4.79 Å². The molecule has 12 heteroatoms. The Bertz CT molecular complexity index is 1370. The second kappa shape index (κ2) is 11.6. The SMILES string of the molecule is CCOC(=O)c1sc(NC(=O)CSc2nnc(-c3ccccn3)o2)c(C(=O)Nc2ccccc2)c1C. The molecule has 2 amide bonds. The zero-order valence-electron chi connectivity index (χ0n) is 19.3. The predicted molar refractivity (Wildman–Crippen MR) is 136 cm³/mol. The molecule has 0 unspecified atom stereocenters. The van der Waals surface area contributed by atoms with Crippen molar-refractivity contribution in [3.8, 4) is 11.6 Å². The zero-order chi connectivity index (χ0) is 25.5. The Labute approximate surface area is 214 Å². The highest BCUT2D eigenvalue weighted by molar-refractivity contribution is 7.99. The molecule has 0 saturated carbocycles. The average molecular weight is 524 g/mol. The summed E-state index contributed by atoms with van der Waals surface area (Å²) < 4.78 is 10.7. The van der Waals surface area contributed by atoms with E-state index in [-0.39, 0.29) is 38.9 Å². The third-order valence-corrected chi connectivity index (χ3v) is 6.74. The lowest BCUT2D eigenvalue weighted by Crippen LogP contribution is -2.18. The molecular formula is C24H21N5O5S2. The molecule has 4 rings (SSSR count). The Balaban J connectivity index is 1.49. The lowest BCUT2D eigenvalue weighted by molar-refractivity contribution is -0.113. The molecule has 184 valence electrons. The lowest BCUT2D eigenvalue weighted by Gasteiger charge is -2.08. The van der Waals surface area contributed by atoms with Gasteiger partial charge >= 0.3 is 5.97 Å². The van der Waals surface area contributed by atoms with Crippen LogP contribution >= 0.6 is 23.1 Å². The third-order valence-electron chi connectivity index (χ3n) is 4.74. The van der Waals surface area contributed by atoms with Gasteiger partial charge in [-0.15, -0.1) is 21.5 Å². The normalized spacial score (nSPS) is 10.6. The second-order valence-corrected chi connectivity index (χ2v) is 9.17. The van der Waals surface area contributed by atoms with Crippen LogP contribution in [0.1, 0.15) is 32.5 Å². The number of ether oxygens (including phenoxy) is 1. The quantitative estimate of drug-likeness (QED) is 0.237. The fourth-order valence-corrected chi connectivity index (χ4v) is 4.81. The first-order valence-corrected chi connectivity index (χ1v) is 12.6. The Kier molecular flexibility index (Phi) is 8.08. The lowest BCUT2D eigenvalue weighted by atomic mass is 10.1. The number of hydrogen-bond acceptors (Lipinski definition) is 10. The molecule has 0 aliphatic carbocycles. The van der Waals surface area contributed by atoms with Crippen LogP contribution in [0, 0.1) is 6.92 Å². The minimum atomic E-state index is -0.559. The molecule has 0 aliphatic rings. The first kappa shape index (κ1) is 25.1. The van der Waals surface area contributed by atoms with Crippen LogP contribution in [0.25, 0.3) is 11.6 Å². The fraction of sp³-hybridized carbons (Fsp3) is 0.167. The maximum Gasteiger partial charge on any atom is 0.348 e. The molecule has 0 atom stereocenters. The molecule has 1 aromatic carbocycles. The molecule has 0 radical (unpaired) electrons. The number of rotatable bonds is 9. The first-order chi connectivity index (χ1) is 17.5. The van der Waals surface area contributed by atoms with E-state index in [0.717, 1.165) is 23.1 Å². The van der Waals surface area contributed by atoms with Crippen molar-refractivity contribution in [2.75, 3.05) is 23.0 Å². The summed E-state index contributed by atoms with van der Waals surface area (Å²) in [5.74, 6) is -1.24. The summed E-state index contributed by atoms with van der Waals surface area (Å²) in [6, 6.07) is 14.2. The van der Waals surface area contributed by atoms with E-state index in [1.807, 2.05) is 6.07 Å². The molecule has 0 fully saturated rings. The Hall–Kier alpha value is -4.03. The van der Waals surface area contributed by atoms with Crippen molar-refractivity contribution >= 4 is 51.6 Å². The number of hydrogen-bond donors (Lipinski definition) is 2. The van der Waals surface area contributed by atoms with Gasteiger partial charge in [0.15, 0.2) is 0 Å². The summed E-state index contributed by atoms with van der Waals surface area (Å²) in [4.78, 5) is 42.7. The van der Waals surface area contributed by atoms with Gasteiger partial charge in [-0.05, 0) is 43.7 Å². The largest absolute Gasteiger partial charge is 0.462 e. The summed E-state index contributed by atoms with van der Waals surface area (Å²) in [6.07, 6.45) is 1.61. The number of nitrogens with one attached hydrogen (secondary N) is 2. The minimum absolute atomic E-state index is 0.0602. The molecule has 10 nitrogen and oxygen atoms in total. The predicted octanol–water partition coefficient (Wildman–Crippen LogP) is 4.66. The van der Waals surface area contributed by atoms with Gasteiger partial charge in [-0.3, -0.25) is 14.6 Å². The maximum atomic E-state index is 13.1. The van der Waals surface area contributed by atoms with Crippen LogP contribution in [0.5, 0.6) is 0 Å². The summed E-state index contributed by atoms with van der Waals surface area (Å²) in [5.41, 5.74) is 1.72. The van der Waals surface area contributed by atoms with E-state index in [1.165, 1.54) is 0 Å². The van der Waals surface area contributed by atoms with Gasteiger partial charge in [0.1, 0.15) is 15.6 Å². The third kappa shape index (κ3) is 5.96. The highest BCUT2D eigenvalue weighted by Gasteiger charge is 2.27. The van der Waals surface area contributed by atoms with Gasteiger partial charge < -0.3 is 19.8 Å². The van der Waals surface area contributed by atoms with E-state index in [2.05, 4.69) is 25.8 Å². The molecule has 3 heterocycles. The van der Waals surface area contributed by atoms with Crippen molar-refractivity contribution in [1.82, 2.24) is 15.2 Å². The van der Waals surface area contributed by atoms with Crippen LogP contribution in [0.3, 0.4) is 0 Å². The van der Waals surface area contributed by atoms with Gasteiger partial charge in [-0.2, -0.15) is 0 Å². The number of thiophene rings is 1. The Morgan fingerprint density at radius 3 is 2.56 bits per heavy atom. The second-order valence-electron chi connectivity index (χ2n) is 7.23. The summed E-state index contributed by atoms with van der Waals surface area (Å²) >= 11 is 2.03. The highest BCUT2D eigenvalue weighted by atomic mass is 32.2. The first-order valence-electron chi connectivity index (χ1n) is 10.8. The summed E-state index contributed by atoms with van der Waals surface area (Å²) in [5, 5.41) is 13.8. The average Bonchev–Trinajstić information content (AvgIpc) is 3.48. The van der Waals surface area contributed by atoms with E-state index < -0.39 is 17.8 Å². The number of aromatic nitrogens is 3. The molecule has 36 heavy (non-hydrogen) atoms. The standard InChI is InChI=1S/C24H21N5O5S2/c1-3-33-23(32)19-14(2)18(20(31)26-15-9-5-4-6-10-15)22(36-19)27-17(30)13-35-24-29-28-21(34-24)16-11-7-8-12-25-16/h4-12H,3,13H2,1-2H3,(H,26,31)(H,27,30). The molecule has 4 aromatic rings. The van der Waals surface area contributed by atoms with Gasteiger partial charge in [-0.1, -0.05) is 36.0 Å². The topological polar surface area (TPSA) is 136 Å². The number of carbonyl (C=O) groups excluding carboxylic acids is 3. The molecule has 0 spiro atoms. The minimum Gasteiger partial charge on any atom is -0.462 e. The van der Waals surface area contributed by atoms with Crippen molar-refractivity contribution in [3.05, 3.63) is 70.7 Å². The van der Waals surface area contributed by atoms with Crippen LogP contribution in [-0.2, 0) is 9.53 Å². The van der Waals surface area contributed by atoms with Crippen LogP contribution in [0.15, 0.2) is 64.4 Å². The van der Waals surface area contributed by atoms with E-state index in [9.17, 15) is 14.4 Å². The molecule has 2 N–H and O–H groups in total. The fourth-order valence-electron chi connectivity index (χ4n) is 3.13. The Morgan fingerprint density at radius 1 is 1.06 bits per heavy atom. The number of nitrogens with zero attached hydrogens (tertiary/aromatic N) is 3. The van der Waals surface area contributed by atoms with Gasteiger partial charge in [0.05, 0.1) is 17.9 Å². The van der Waals surface area contributed by atoms with Crippen molar-refractivity contribution < 1.29 is 23.5 Å². The molecule has 0 aliphatic heterocycles. The zero-order valence-corrected chi connectivity index (χ0v) is 20.9. The van der Waals surface area contributed by atoms with Gasteiger partial charge in [0.2, 0.25) is 5.91 Å². The summed E-state index contributed by atoms with van der Waals surface area (Å²) in [7, 11) is 0. The van der Waals surface area contributed by atoms with Crippen LogP contribution in [0.2, 0.25) is 0 Å². The van der Waals surface area contributed by atoms with E-state index in [4.69, 9.17) is 9.15 Å². The Morgan fingerprint density at radius 2 is 1.83 bits per heavy atom. The monoisotopic (exact) mass is 523 g/mol. The van der Waals surface area contributed by atoms with Crippen molar-refractivity contribution in [3.63, 3.8) is 0 Å². The van der Waals surface area contributed by atoms with E-state index in [0.29, 0.717) is 16.9 Å². The number of benzene rings is 1. The van der Waals surface area contributed by atoms with Gasteiger partial charge in [0, 0.05) is 11.9 Å². The molecule has 3 aromatic heterocycles. The van der Waals surface area contributed by atoms with Crippen LogP contribution < -0.4 is 10.6 Å². The van der Waals surface area contributed by atoms with Crippen molar-refractivity contribution in [1.29, 1.82) is 0 Å². The number of anilines is 2. The van der Waals surface area contributed by atoms with E-state index >= 15 is 0 Å². The number of amides is 2. The van der Waals surface area contributed by atoms with E-state index in [1.54, 1.807) is 62.5 Å². The highest BCUT2D eigenvalue weighted by Crippen LogP contribution is 2.34. The molecular weight excluding hydrogens is 502 g/mol. The number of pyridine rings is 1. The number of carbonyl (C=O) groups is 3.